The van der Waals surface area contributed by atoms with E-state index in [0.29, 0.717) is 11.7 Å². The number of hydrogen-bond donors (Lipinski definition) is 0. The minimum Gasteiger partial charge on any atom is -0.375 e. The lowest BCUT2D eigenvalue weighted by molar-refractivity contribution is -0.0962. The zero-order valence-corrected chi connectivity index (χ0v) is 12.2. The number of amides is 1. The molecule has 1 aromatic heterocycles. The van der Waals surface area contributed by atoms with Gasteiger partial charge in [0.15, 0.2) is 0 Å². The lowest BCUT2D eigenvalue weighted by Crippen LogP contribution is -2.60. The molecule has 6 heteroatoms. The van der Waals surface area contributed by atoms with Crippen molar-refractivity contribution < 1.29 is 9.53 Å². The summed E-state index contributed by atoms with van der Waals surface area (Å²) in [4.78, 5) is 21.0. The van der Waals surface area contributed by atoms with Crippen LogP contribution in [0.2, 0.25) is 0 Å². The molecule has 20 heavy (non-hydrogen) atoms. The molecule has 0 spiro atoms. The summed E-state index contributed by atoms with van der Waals surface area (Å²) in [5.41, 5.74) is 0.533. The van der Waals surface area contributed by atoms with Crippen LogP contribution in [0, 0.1) is 0 Å². The number of likely N-dealkylation sites (N-methyl/N-ethyl adjacent to an activating group) is 1. The molecule has 3 heterocycles. The number of rotatable bonds is 2. The predicted molar refractivity (Wildman–Crippen MR) is 74.5 cm³/mol. The largest absolute Gasteiger partial charge is 0.375 e. The van der Waals surface area contributed by atoms with Crippen LogP contribution in [0.1, 0.15) is 23.8 Å². The highest BCUT2D eigenvalue weighted by molar-refractivity contribution is 5.92. The number of ether oxygens (including phenoxy) is 1. The lowest BCUT2D eigenvalue weighted by Gasteiger charge is -2.46. The second kappa shape index (κ2) is 5.54. The Morgan fingerprint density at radius 3 is 3.05 bits per heavy atom. The van der Waals surface area contributed by atoms with Crippen LogP contribution in [0.5, 0.6) is 0 Å². The van der Waals surface area contributed by atoms with Crippen LogP contribution in [-0.2, 0) is 11.8 Å². The standard InChI is InChI=1S/C14H22N4O2/c1-3-17-6-7-20-13-4-5-18(9-12(13)17)14(19)11-8-16(2)10-15-11/h8,10,12-13H,3-7,9H2,1-2H3/t12-,13+/m1/s1. The van der Waals surface area contributed by atoms with Gasteiger partial charge in [-0.2, -0.15) is 0 Å². The molecular formula is C14H22N4O2. The average molecular weight is 278 g/mol. The van der Waals surface area contributed by atoms with Gasteiger partial charge in [0.05, 0.1) is 25.1 Å². The molecule has 2 aliphatic heterocycles. The summed E-state index contributed by atoms with van der Waals surface area (Å²) in [7, 11) is 1.88. The Morgan fingerprint density at radius 2 is 2.35 bits per heavy atom. The maximum atomic E-state index is 12.5. The zero-order chi connectivity index (χ0) is 14.1. The van der Waals surface area contributed by atoms with Crippen LogP contribution < -0.4 is 0 Å². The molecule has 2 aliphatic rings. The van der Waals surface area contributed by atoms with Gasteiger partial charge in [0, 0.05) is 32.9 Å². The van der Waals surface area contributed by atoms with Crippen molar-refractivity contribution in [2.75, 3.05) is 32.8 Å². The first-order valence-corrected chi connectivity index (χ1v) is 7.32. The topological polar surface area (TPSA) is 50.6 Å². The minimum absolute atomic E-state index is 0.0330. The Labute approximate surface area is 119 Å². The number of likely N-dealkylation sites (tertiary alicyclic amines) is 1. The second-order valence-electron chi connectivity index (χ2n) is 5.57. The van der Waals surface area contributed by atoms with Crippen molar-refractivity contribution in [3.05, 3.63) is 18.2 Å². The number of carbonyl (C=O) groups excluding carboxylic acids is 1. The highest BCUT2D eigenvalue weighted by Crippen LogP contribution is 2.23. The minimum atomic E-state index is 0.0330. The molecule has 0 N–H and O–H groups in total. The molecule has 0 unspecified atom stereocenters. The normalized spacial score (nSPS) is 27.4. The van der Waals surface area contributed by atoms with Gasteiger partial charge >= 0.3 is 0 Å². The van der Waals surface area contributed by atoms with Gasteiger partial charge in [-0.05, 0) is 13.0 Å². The molecular weight excluding hydrogens is 256 g/mol. The number of hydrogen-bond acceptors (Lipinski definition) is 4. The van der Waals surface area contributed by atoms with E-state index < -0.39 is 0 Å². The molecule has 0 aliphatic carbocycles. The molecule has 3 rings (SSSR count). The third-order valence-corrected chi connectivity index (χ3v) is 4.32. The van der Waals surface area contributed by atoms with Crippen LogP contribution >= 0.6 is 0 Å². The summed E-state index contributed by atoms with van der Waals surface area (Å²) in [6.45, 7) is 6.45. The molecule has 0 saturated carbocycles. The van der Waals surface area contributed by atoms with E-state index in [9.17, 15) is 4.79 Å². The number of morpholine rings is 1. The highest BCUT2D eigenvalue weighted by Gasteiger charge is 2.38. The van der Waals surface area contributed by atoms with Crippen LogP contribution in [-0.4, -0.2) is 70.2 Å². The van der Waals surface area contributed by atoms with Crippen molar-refractivity contribution >= 4 is 5.91 Å². The van der Waals surface area contributed by atoms with E-state index in [1.54, 1.807) is 12.5 Å². The quantitative estimate of drug-likeness (QED) is 0.783. The van der Waals surface area contributed by atoms with Gasteiger partial charge in [0.25, 0.3) is 5.91 Å². The van der Waals surface area contributed by atoms with Gasteiger partial charge in [-0.15, -0.1) is 0 Å². The van der Waals surface area contributed by atoms with Crippen molar-refractivity contribution in [1.82, 2.24) is 19.4 Å². The number of imidazole rings is 1. The smallest absolute Gasteiger partial charge is 0.274 e. The highest BCUT2D eigenvalue weighted by atomic mass is 16.5. The SMILES string of the molecule is CCN1CCO[C@H]2CCN(C(=O)c3cn(C)cn3)C[C@H]21. The maximum Gasteiger partial charge on any atom is 0.274 e. The number of piperidine rings is 1. The Bertz CT molecular complexity index is 481. The molecule has 0 bridgehead atoms. The molecule has 2 saturated heterocycles. The molecule has 2 fully saturated rings. The van der Waals surface area contributed by atoms with Crippen molar-refractivity contribution in [3.63, 3.8) is 0 Å². The Morgan fingerprint density at radius 1 is 1.50 bits per heavy atom. The summed E-state index contributed by atoms with van der Waals surface area (Å²) in [6, 6.07) is 0.329. The summed E-state index contributed by atoms with van der Waals surface area (Å²) in [5.74, 6) is 0.0330. The van der Waals surface area contributed by atoms with Crippen LogP contribution in [0.3, 0.4) is 0 Å². The Balaban J connectivity index is 1.71. The van der Waals surface area contributed by atoms with Gasteiger partial charge in [-0.25, -0.2) is 4.98 Å². The summed E-state index contributed by atoms with van der Waals surface area (Å²) >= 11 is 0. The van der Waals surface area contributed by atoms with Crippen LogP contribution in [0.15, 0.2) is 12.5 Å². The third-order valence-electron chi connectivity index (χ3n) is 4.32. The average Bonchev–Trinajstić information content (AvgIpc) is 2.91. The second-order valence-corrected chi connectivity index (χ2v) is 5.57. The third kappa shape index (κ3) is 2.45. The van der Waals surface area contributed by atoms with E-state index >= 15 is 0 Å². The molecule has 0 aromatic carbocycles. The first-order chi connectivity index (χ1) is 9.69. The number of fused-ring (bicyclic) bond motifs is 1. The summed E-state index contributed by atoms with van der Waals surface area (Å²) < 4.78 is 7.66. The van der Waals surface area contributed by atoms with Crippen molar-refractivity contribution in [2.24, 2.45) is 7.05 Å². The number of aryl methyl sites for hydroxylation is 1. The lowest BCUT2D eigenvalue weighted by atomic mass is 9.98. The van der Waals surface area contributed by atoms with Crippen LogP contribution in [0.25, 0.3) is 0 Å². The van der Waals surface area contributed by atoms with Gasteiger partial charge in [0.1, 0.15) is 5.69 Å². The predicted octanol–water partition coefficient (Wildman–Crippen LogP) is 0.355. The fraction of sp³-hybridized carbons (Fsp3) is 0.714. The molecule has 2 atom stereocenters. The Hall–Kier alpha value is -1.40. The van der Waals surface area contributed by atoms with Gasteiger partial charge in [-0.1, -0.05) is 6.92 Å². The van der Waals surface area contributed by atoms with Gasteiger partial charge < -0.3 is 14.2 Å². The molecule has 1 amide bonds. The first kappa shape index (κ1) is 13.6. The molecule has 110 valence electrons. The molecule has 1 aromatic rings. The van der Waals surface area contributed by atoms with Crippen molar-refractivity contribution in [2.45, 2.75) is 25.5 Å². The molecule has 0 radical (unpaired) electrons. The van der Waals surface area contributed by atoms with Gasteiger partial charge in [0.2, 0.25) is 0 Å². The molecule has 6 nitrogen and oxygen atoms in total. The monoisotopic (exact) mass is 278 g/mol. The van der Waals surface area contributed by atoms with E-state index in [0.717, 1.165) is 39.2 Å². The van der Waals surface area contributed by atoms with E-state index in [4.69, 9.17) is 4.74 Å². The van der Waals surface area contributed by atoms with E-state index in [2.05, 4.69) is 16.8 Å². The Kier molecular flexibility index (Phi) is 3.76. The van der Waals surface area contributed by atoms with Crippen molar-refractivity contribution in [3.8, 4) is 0 Å². The number of aromatic nitrogens is 2. The number of nitrogens with zero attached hydrogens (tertiary/aromatic N) is 4. The maximum absolute atomic E-state index is 12.5. The van der Waals surface area contributed by atoms with E-state index in [1.165, 1.54) is 0 Å². The fourth-order valence-corrected chi connectivity index (χ4v) is 3.20. The van der Waals surface area contributed by atoms with E-state index in [1.807, 2.05) is 16.5 Å². The van der Waals surface area contributed by atoms with Gasteiger partial charge in [-0.3, -0.25) is 9.69 Å². The van der Waals surface area contributed by atoms with Crippen molar-refractivity contribution in [1.29, 1.82) is 0 Å². The summed E-state index contributed by atoms with van der Waals surface area (Å²) in [5, 5.41) is 0. The van der Waals surface area contributed by atoms with E-state index in [-0.39, 0.29) is 12.0 Å². The first-order valence-electron chi connectivity index (χ1n) is 7.32. The summed E-state index contributed by atoms with van der Waals surface area (Å²) in [6.07, 6.45) is 4.64. The fourth-order valence-electron chi connectivity index (χ4n) is 3.20. The number of carbonyl (C=O) groups is 1. The zero-order valence-electron chi connectivity index (χ0n) is 12.2. The van der Waals surface area contributed by atoms with Crippen LogP contribution in [0.4, 0.5) is 0 Å².